The van der Waals surface area contributed by atoms with Crippen LogP contribution in [0.3, 0.4) is 0 Å². The number of carbonyl (C=O) groups is 1. The number of hydrogen-bond acceptors (Lipinski definition) is 1. The van der Waals surface area contributed by atoms with Gasteiger partial charge in [0.15, 0.2) is 0 Å². The van der Waals surface area contributed by atoms with Crippen LogP contribution in [-0.4, -0.2) is 12.4 Å². The molecule has 0 aliphatic carbocycles. The molecule has 1 rings (SSSR count). The third-order valence-corrected chi connectivity index (χ3v) is 1.73. The molecule has 0 saturated carbocycles. The van der Waals surface area contributed by atoms with E-state index in [1.807, 2.05) is 0 Å². The first-order valence-electron chi connectivity index (χ1n) is 3.30. The van der Waals surface area contributed by atoms with Crippen LogP contribution in [0.5, 0.6) is 0 Å². The maximum Gasteiger partial charge on any atom is 0.320 e. The van der Waals surface area contributed by atoms with E-state index in [4.69, 9.17) is 11.6 Å². The van der Waals surface area contributed by atoms with Crippen molar-refractivity contribution in [3.8, 4) is 0 Å². The van der Waals surface area contributed by atoms with E-state index < -0.39 is 5.37 Å². The number of amides is 1. The molecule has 0 radical (unpaired) electrons. The molecule has 0 fully saturated rings. The van der Waals surface area contributed by atoms with Crippen LogP contribution in [0, 0.1) is 5.82 Å². The monoisotopic (exact) mass is 187 g/mol. The Kier molecular flexibility index (Phi) is 2.65. The largest absolute Gasteiger partial charge is 0.320 e. The second-order valence-corrected chi connectivity index (χ2v) is 2.61. The number of rotatable bonds is 1. The molecular formula is C8H7ClFNO. The molecule has 0 saturated heterocycles. The number of hydrogen-bond donors (Lipinski definition) is 0. The molecule has 1 aromatic rings. The number of benzene rings is 1. The second-order valence-electron chi connectivity index (χ2n) is 2.29. The summed E-state index contributed by atoms with van der Waals surface area (Å²) in [6.07, 6.45) is 0. The van der Waals surface area contributed by atoms with Crippen LogP contribution in [-0.2, 0) is 0 Å². The highest BCUT2D eigenvalue weighted by Crippen LogP contribution is 2.14. The Morgan fingerprint density at radius 2 is 1.92 bits per heavy atom. The molecule has 1 amide bonds. The topological polar surface area (TPSA) is 20.3 Å². The van der Waals surface area contributed by atoms with Crippen LogP contribution < -0.4 is 4.90 Å². The zero-order valence-corrected chi connectivity index (χ0v) is 7.18. The molecule has 12 heavy (non-hydrogen) atoms. The lowest BCUT2D eigenvalue weighted by Crippen LogP contribution is -2.19. The van der Waals surface area contributed by atoms with Crippen molar-refractivity contribution >= 4 is 22.7 Å². The third-order valence-electron chi connectivity index (χ3n) is 1.48. The summed E-state index contributed by atoms with van der Waals surface area (Å²) in [5, 5.41) is -0.596. The molecule has 0 aliphatic heterocycles. The summed E-state index contributed by atoms with van der Waals surface area (Å²) in [6, 6.07) is 5.50. The van der Waals surface area contributed by atoms with Crippen molar-refractivity contribution in [2.45, 2.75) is 0 Å². The van der Waals surface area contributed by atoms with Gasteiger partial charge in [0.25, 0.3) is 0 Å². The van der Waals surface area contributed by atoms with Crippen LogP contribution in [0.1, 0.15) is 0 Å². The van der Waals surface area contributed by atoms with E-state index in [2.05, 4.69) is 0 Å². The lowest BCUT2D eigenvalue weighted by Gasteiger charge is -2.12. The number of halogens is 2. The first kappa shape index (κ1) is 9.00. The van der Waals surface area contributed by atoms with Crippen LogP contribution in [0.2, 0.25) is 0 Å². The Balaban J connectivity index is 2.89. The van der Waals surface area contributed by atoms with E-state index in [0.717, 1.165) is 0 Å². The summed E-state index contributed by atoms with van der Waals surface area (Å²) < 4.78 is 12.4. The van der Waals surface area contributed by atoms with Gasteiger partial charge in [0.1, 0.15) is 5.82 Å². The van der Waals surface area contributed by atoms with Crippen LogP contribution in [0.25, 0.3) is 0 Å². The van der Waals surface area contributed by atoms with Crippen LogP contribution in [0.15, 0.2) is 24.3 Å². The molecule has 2 nitrogen and oxygen atoms in total. The van der Waals surface area contributed by atoms with E-state index in [1.54, 1.807) is 0 Å². The van der Waals surface area contributed by atoms with Gasteiger partial charge in [-0.25, -0.2) is 4.39 Å². The van der Waals surface area contributed by atoms with Gasteiger partial charge >= 0.3 is 5.37 Å². The number of nitrogens with zero attached hydrogens (tertiary/aromatic N) is 1. The molecule has 0 N–H and O–H groups in total. The minimum atomic E-state index is -0.596. The van der Waals surface area contributed by atoms with Crippen molar-refractivity contribution in [2.75, 3.05) is 11.9 Å². The first-order valence-corrected chi connectivity index (χ1v) is 3.68. The van der Waals surface area contributed by atoms with Crippen LogP contribution >= 0.6 is 11.6 Å². The highest BCUT2D eigenvalue weighted by Gasteiger charge is 2.06. The first-order chi connectivity index (χ1) is 5.61. The van der Waals surface area contributed by atoms with E-state index in [0.29, 0.717) is 5.69 Å². The summed E-state index contributed by atoms with van der Waals surface area (Å²) in [7, 11) is 1.52. The molecule has 64 valence electrons. The molecule has 0 bridgehead atoms. The van der Waals surface area contributed by atoms with E-state index in [-0.39, 0.29) is 5.82 Å². The van der Waals surface area contributed by atoms with Crippen LogP contribution in [0.4, 0.5) is 14.9 Å². The molecule has 0 aromatic heterocycles. The van der Waals surface area contributed by atoms with Gasteiger partial charge in [-0.1, -0.05) is 0 Å². The van der Waals surface area contributed by atoms with Crippen molar-refractivity contribution in [3.05, 3.63) is 30.1 Å². The zero-order chi connectivity index (χ0) is 9.14. The maximum absolute atomic E-state index is 12.4. The summed E-state index contributed by atoms with van der Waals surface area (Å²) in [5.41, 5.74) is 0.566. The average Bonchev–Trinajstić information content (AvgIpc) is 2.04. The van der Waals surface area contributed by atoms with Gasteiger partial charge in [-0.3, -0.25) is 4.79 Å². The van der Waals surface area contributed by atoms with Crippen molar-refractivity contribution in [1.29, 1.82) is 0 Å². The predicted octanol–water partition coefficient (Wildman–Crippen LogP) is 2.62. The Morgan fingerprint density at radius 3 is 2.33 bits per heavy atom. The van der Waals surface area contributed by atoms with Gasteiger partial charge in [-0.2, -0.15) is 0 Å². The summed E-state index contributed by atoms with van der Waals surface area (Å²) >= 11 is 5.20. The number of carbonyl (C=O) groups excluding carboxylic acids is 1. The Labute approximate surface area is 74.6 Å². The van der Waals surface area contributed by atoms with E-state index >= 15 is 0 Å². The zero-order valence-electron chi connectivity index (χ0n) is 6.42. The minimum absolute atomic E-state index is 0.339. The van der Waals surface area contributed by atoms with E-state index in [1.165, 1.54) is 36.2 Å². The summed E-state index contributed by atoms with van der Waals surface area (Å²) in [4.78, 5) is 11.8. The molecule has 0 unspecified atom stereocenters. The molecule has 1 aromatic carbocycles. The fourth-order valence-corrected chi connectivity index (χ4v) is 0.864. The van der Waals surface area contributed by atoms with Gasteiger partial charge in [0, 0.05) is 12.7 Å². The van der Waals surface area contributed by atoms with E-state index in [9.17, 15) is 9.18 Å². The highest BCUT2D eigenvalue weighted by atomic mass is 35.5. The SMILES string of the molecule is CN(C(=O)Cl)c1ccc(F)cc1. The Morgan fingerprint density at radius 1 is 1.42 bits per heavy atom. The highest BCUT2D eigenvalue weighted by molar-refractivity contribution is 6.66. The van der Waals surface area contributed by atoms with Gasteiger partial charge in [0.2, 0.25) is 0 Å². The molecule has 0 aliphatic rings. The summed E-state index contributed by atoms with van der Waals surface area (Å²) in [6.45, 7) is 0. The average molecular weight is 188 g/mol. The normalized spacial score (nSPS) is 9.58. The Bertz CT molecular complexity index is 286. The maximum atomic E-state index is 12.4. The number of anilines is 1. The molecule has 0 spiro atoms. The van der Waals surface area contributed by atoms with Crippen molar-refractivity contribution in [2.24, 2.45) is 0 Å². The smallest absolute Gasteiger partial charge is 0.302 e. The van der Waals surface area contributed by atoms with Gasteiger partial charge in [-0.15, -0.1) is 0 Å². The van der Waals surface area contributed by atoms with Gasteiger partial charge < -0.3 is 4.90 Å². The second kappa shape index (κ2) is 3.54. The molecule has 0 heterocycles. The standard InChI is InChI=1S/C8H7ClFNO/c1-11(8(9)12)7-4-2-6(10)3-5-7/h2-5H,1H3. The molecule has 0 atom stereocenters. The third kappa shape index (κ3) is 1.95. The summed E-state index contributed by atoms with van der Waals surface area (Å²) in [5.74, 6) is -0.339. The quantitative estimate of drug-likeness (QED) is 0.489. The van der Waals surface area contributed by atoms with Gasteiger partial charge in [-0.05, 0) is 35.9 Å². The lowest BCUT2D eigenvalue weighted by atomic mass is 10.3. The fourth-order valence-electron chi connectivity index (χ4n) is 0.766. The molecular weight excluding hydrogens is 181 g/mol. The lowest BCUT2D eigenvalue weighted by molar-refractivity contribution is 0.265. The minimum Gasteiger partial charge on any atom is -0.302 e. The Hall–Kier alpha value is -1.09. The van der Waals surface area contributed by atoms with Crippen molar-refractivity contribution < 1.29 is 9.18 Å². The fraction of sp³-hybridized carbons (Fsp3) is 0.125. The molecule has 4 heteroatoms. The van der Waals surface area contributed by atoms with Crippen molar-refractivity contribution in [3.63, 3.8) is 0 Å². The van der Waals surface area contributed by atoms with Gasteiger partial charge in [0.05, 0.1) is 0 Å². The predicted molar refractivity (Wildman–Crippen MR) is 46.1 cm³/mol. The van der Waals surface area contributed by atoms with Crippen molar-refractivity contribution in [1.82, 2.24) is 0 Å².